The first-order valence-corrected chi connectivity index (χ1v) is 5.62. The highest BCUT2D eigenvalue weighted by molar-refractivity contribution is 5.95. The number of nitrogens with two attached hydrogens (primary N) is 1. The Morgan fingerprint density at radius 1 is 1.47 bits per heavy atom. The van der Waals surface area contributed by atoms with Crippen LogP contribution >= 0.6 is 0 Å². The summed E-state index contributed by atoms with van der Waals surface area (Å²) in [4.78, 5) is 11.4. The van der Waals surface area contributed by atoms with Crippen LogP contribution in [0.4, 0.5) is 11.4 Å². The second kappa shape index (κ2) is 6.75. The van der Waals surface area contributed by atoms with Crippen molar-refractivity contribution in [2.24, 2.45) is 0 Å². The SMILES string of the molecule is CCOCCNc1ccc(C(=O)NC)cc1N. The molecule has 94 valence electrons. The predicted molar refractivity (Wildman–Crippen MR) is 69.2 cm³/mol. The molecule has 0 heterocycles. The summed E-state index contributed by atoms with van der Waals surface area (Å²) in [5.41, 5.74) is 7.78. The second-order valence-electron chi connectivity index (χ2n) is 3.50. The quantitative estimate of drug-likeness (QED) is 0.511. The van der Waals surface area contributed by atoms with Crippen LogP contribution in [0.2, 0.25) is 0 Å². The van der Waals surface area contributed by atoms with Gasteiger partial charge in [-0.15, -0.1) is 0 Å². The second-order valence-corrected chi connectivity index (χ2v) is 3.50. The topological polar surface area (TPSA) is 76.4 Å². The van der Waals surface area contributed by atoms with Gasteiger partial charge in [0, 0.05) is 25.8 Å². The minimum atomic E-state index is -0.141. The first-order valence-electron chi connectivity index (χ1n) is 5.62. The highest BCUT2D eigenvalue weighted by atomic mass is 16.5. The highest BCUT2D eigenvalue weighted by Gasteiger charge is 2.05. The Kier molecular flexibility index (Phi) is 5.29. The summed E-state index contributed by atoms with van der Waals surface area (Å²) in [7, 11) is 1.59. The minimum absolute atomic E-state index is 0.141. The fourth-order valence-electron chi connectivity index (χ4n) is 1.41. The van der Waals surface area contributed by atoms with Crippen LogP contribution in [0.15, 0.2) is 18.2 Å². The van der Waals surface area contributed by atoms with Gasteiger partial charge in [0.1, 0.15) is 0 Å². The van der Waals surface area contributed by atoms with Gasteiger partial charge < -0.3 is 21.1 Å². The average Bonchev–Trinajstić information content (AvgIpc) is 2.35. The van der Waals surface area contributed by atoms with E-state index in [-0.39, 0.29) is 5.91 Å². The Bertz CT molecular complexity index is 380. The van der Waals surface area contributed by atoms with Gasteiger partial charge in [-0.2, -0.15) is 0 Å². The number of anilines is 2. The largest absolute Gasteiger partial charge is 0.397 e. The van der Waals surface area contributed by atoms with E-state index in [0.717, 1.165) is 5.69 Å². The molecule has 0 aliphatic carbocycles. The average molecular weight is 237 g/mol. The zero-order valence-corrected chi connectivity index (χ0v) is 10.2. The lowest BCUT2D eigenvalue weighted by atomic mass is 10.1. The van der Waals surface area contributed by atoms with E-state index >= 15 is 0 Å². The van der Waals surface area contributed by atoms with E-state index in [1.807, 2.05) is 6.92 Å². The van der Waals surface area contributed by atoms with Gasteiger partial charge in [0.05, 0.1) is 18.0 Å². The summed E-state index contributed by atoms with van der Waals surface area (Å²) in [6, 6.07) is 5.19. The number of rotatable bonds is 6. The molecule has 0 radical (unpaired) electrons. The molecule has 0 saturated heterocycles. The van der Waals surface area contributed by atoms with Crippen LogP contribution < -0.4 is 16.4 Å². The monoisotopic (exact) mass is 237 g/mol. The zero-order chi connectivity index (χ0) is 12.7. The van der Waals surface area contributed by atoms with E-state index < -0.39 is 0 Å². The minimum Gasteiger partial charge on any atom is -0.397 e. The fourth-order valence-corrected chi connectivity index (χ4v) is 1.41. The maximum atomic E-state index is 11.4. The lowest BCUT2D eigenvalue weighted by Gasteiger charge is -2.10. The molecule has 0 saturated carbocycles. The van der Waals surface area contributed by atoms with E-state index in [1.165, 1.54) is 0 Å². The van der Waals surface area contributed by atoms with Crippen molar-refractivity contribution in [1.82, 2.24) is 5.32 Å². The number of nitrogens with one attached hydrogen (secondary N) is 2. The Morgan fingerprint density at radius 3 is 2.82 bits per heavy atom. The van der Waals surface area contributed by atoms with Gasteiger partial charge in [-0.3, -0.25) is 4.79 Å². The Morgan fingerprint density at radius 2 is 2.24 bits per heavy atom. The number of carbonyl (C=O) groups is 1. The Hall–Kier alpha value is -1.75. The molecule has 1 amide bonds. The standard InChI is InChI=1S/C12H19N3O2/c1-3-17-7-6-15-11-5-4-9(8-10(11)13)12(16)14-2/h4-5,8,15H,3,6-7,13H2,1-2H3,(H,14,16). The van der Waals surface area contributed by atoms with Crippen molar-refractivity contribution < 1.29 is 9.53 Å². The van der Waals surface area contributed by atoms with Crippen molar-refractivity contribution in [1.29, 1.82) is 0 Å². The van der Waals surface area contributed by atoms with Crippen LogP contribution in [0.3, 0.4) is 0 Å². The molecule has 5 heteroatoms. The van der Waals surface area contributed by atoms with Crippen molar-refractivity contribution in [3.05, 3.63) is 23.8 Å². The number of amides is 1. The van der Waals surface area contributed by atoms with E-state index in [1.54, 1.807) is 25.2 Å². The van der Waals surface area contributed by atoms with E-state index in [4.69, 9.17) is 10.5 Å². The molecule has 0 spiro atoms. The van der Waals surface area contributed by atoms with Crippen molar-refractivity contribution >= 4 is 17.3 Å². The van der Waals surface area contributed by atoms with Gasteiger partial charge in [0.15, 0.2) is 0 Å². The lowest BCUT2D eigenvalue weighted by Crippen LogP contribution is -2.18. The molecule has 1 aromatic carbocycles. The van der Waals surface area contributed by atoms with Crippen LogP contribution in [0, 0.1) is 0 Å². The number of benzene rings is 1. The number of nitrogen functional groups attached to an aromatic ring is 1. The third-order valence-corrected chi connectivity index (χ3v) is 2.31. The van der Waals surface area contributed by atoms with Gasteiger partial charge in [0.2, 0.25) is 0 Å². The van der Waals surface area contributed by atoms with Gasteiger partial charge in [-0.25, -0.2) is 0 Å². The maximum Gasteiger partial charge on any atom is 0.251 e. The summed E-state index contributed by atoms with van der Waals surface area (Å²) in [5.74, 6) is -0.141. The van der Waals surface area contributed by atoms with Crippen LogP contribution in [0.1, 0.15) is 17.3 Å². The molecule has 0 bridgehead atoms. The van der Waals surface area contributed by atoms with E-state index in [2.05, 4.69) is 10.6 Å². The summed E-state index contributed by atoms with van der Waals surface area (Å²) < 4.78 is 5.21. The first kappa shape index (κ1) is 13.3. The molecule has 1 rings (SSSR count). The Balaban J connectivity index is 2.60. The molecule has 0 atom stereocenters. The van der Waals surface area contributed by atoms with Crippen LogP contribution in [-0.4, -0.2) is 32.7 Å². The lowest BCUT2D eigenvalue weighted by molar-refractivity contribution is 0.0963. The fraction of sp³-hybridized carbons (Fsp3) is 0.417. The van der Waals surface area contributed by atoms with Gasteiger partial charge >= 0.3 is 0 Å². The third kappa shape index (κ3) is 3.96. The number of hydrogen-bond acceptors (Lipinski definition) is 4. The summed E-state index contributed by atoms with van der Waals surface area (Å²) in [6.07, 6.45) is 0. The molecule has 0 aromatic heterocycles. The highest BCUT2D eigenvalue weighted by Crippen LogP contribution is 2.19. The van der Waals surface area contributed by atoms with Crippen molar-refractivity contribution in [2.75, 3.05) is 37.9 Å². The number of ether oxygens (including phenoxy) is 1. The van der Waals surface area contributed by atoms with Crippen molar-refractivity contribution in [3.8, 4) is 0 Å². The van der Waals surface area contributed by atoms with Crippen LogP contribution in [0.25, 0.3) is 0 Å². The van der Waals surface area contributed by atoms with E-state index in [9.17, 15) is 4.79 Å². The molecule has 0 aliphatic heterocycles. The molecule has 0 unspecified atom stereocenters. The third-order valence-electron chi connectivity index (χ3n) is 2.31. The maximum absolute atomic E-state index is 11.4. The molecule has 1 aromatic rings. The zero-order valence-electron chi connectivity index (χ0n) is 10.2. The van der Waals surface area contributed by atoms with Crippen LogP contribution in [-0.2, 0) is 4.74 Å². The summed E-state index contributed by atoms with van der Waals surface area (Å²) in [5, 5.41) is 5.70. The molecule has 5 nitrogen and oxygen atoms in total. The van der Waals surface area contributed by atoms with Crippen molar-refractivity contribution in [2.45, 2.75) is 6.92 Å². The molecular formula is C12H19N3O2. The van der Waals surface area contributed by atoms with Gasteiger partial charge in [-0.1, -0.05) is 0 Å². The van der Waals surface area contributed by atoms with Crippen molar-refractivity contribution in [3.63, 3.8) is 0 Å². The molecule has 0 aliphatic rings. The summed E-state index contributed by atoms with van der Waals surface area (Å²) >= 11 is 0. The number of hydrogen-bond donors (Lipinski definition) is 3. The normalized spacial score (nSPS) is 10.0. The molecule has 0 fully saturated rings. The first-order chi connectivity index (χ1) is 8.19. The van der Waals surface area contributed by atoms with Crippen LogP contribution in [0.5, 0.6) is 0 Å². The molecular weight excluding hydrogens is 218 g/mol. The Labute approximate surface area is 101 Å². The molecule has 4 N–H and O–H groups in total. The smallest absolute Gasteiger partial charge is 0.251 e. The molecule has 17 heavy (non-hydrogen) atoms. The predicted octanol–water partition coefficient (Wildman–Crippen LogP) is 1.08. The van der Waals surface area contributed by atoms with Gasteiger partial charge in [0.25, 0.3) is 5.91 Å². The van der Waals surface area contributed by atoms with E-state index in [0.29, 0.717) is 31.0 Å². The summed E-state index contributed by atoms with van der Waals surface area (Å²) in [6.45, 7) is 3.98. The number of carbonyl (C=O) groups excluding carboxylic acids is 1. The van der Waals surface area contributed by atoms with Gasteiger partial charge in [-0.05, 0) is 25.1 Å².